The lowest BCUT2D eigenvalue weighted by Gasteiger charge is -2.06. The number of aryl methyl sites for hydroxylation is 1. The Kier molecular flexibility index (Phi) is 4.80. The summed E-state index contributed by atoms with van der Waals surface area (Å²) in [6.07, 6.45) is 1.20. The molecule has 0 atom stereocenters. The fourth-order valence-electron chi connectivity index (χ4n) is 4.62. The molecule has 0 radical (unpaired) electrons. The van der Waals surface area contributed by atoms with Gasteiger partial charge in [0, 0.05) is 32.0 Å². The van der Waals surface area contributed by atoms with Crippen molar-refractivity contribution in [3.63, 3.8) is 0 Å². The van der Waals surface area contributed by atoms with Crippen LogP contribution < -0.4 is 5.32 Å². The number of imidazole rings is 1. The molecule has 8 nitrogen and oxygen atoms in total. The molecule has 0 saturated heterocycles. The molecule has 1 aliphatic rings. The fraction of sp³-hybridized carbons (Fsp3) is 0.154. The molecule has 1 aliphatic heterocycles. The summed E-state index contributed by atoms with van der Waals surface area (Å²) in [6.45, 7) is 1.68. The molecule has 3 heterocycles. The zero-order valence-electron chi connectivity index (χ0n) is 19.2. The van der Waals surface area contributed by atoms with Crippen molar-refractivity contribution in [2.75, 3.05) is 6.26 Å². The number of sulfone groups is 1. The summed E-state index contributed by atoms with van der Waals surface area (Å²) in [7, 11) is -1.51. The number of aromatic nitrogens is 4. The Morgan fingerprint density at radius 3 is 2.40 bits per heavy atom. The molecule has 0 amide bonds. The Bertz CT molecular complexity index is 1680. The molecule has 176 valence electrons. The lowest BCUT2D eigenvalue weighted by molar-refractivity contribution is 0.478. The minimum absolute atomic E-state index is 0.0487. The Morgan fingerprint density at radius 1 is 0.943 bits per heavy atom. The minimum Gasteiger partial charge on any atom is -0.504 e. The van der Waals surface area contributed by atoms with Gasteiger partial charge in [0.1, 0.15) is 11.4 Å². The van der Waals surface area contributed by atoms with Gasteiger partial charge in [-0.05, 0) is 46.5 Å². The quantitative estimate of drug-likeness (QED) is 0.355. The largest absolute Gasteiger partial charge is 0.504 e. The first-order valence-electron chi connectivity index (χ1n) is 11.2. The highest BCUT2D eigenvalue weighted by Crippen LogP contribution is 2.38. The number of hydrogen-bond acceptors (Lipinski definition) is 6. The Morgan fingerprint density at radius 2 is 1.66 bits per heavy atom. The van der Waals surface area contributed by atoms with E-state index in [1.165, 1.54) is 17.4 Å². The predicted molar refractivity (Wildman–Crippen MR) is 134 cm³/mol. The molecule has 2 aromatic heterocycles. The number of nitrogens with one attached hydrogen (secondary N) is 2. The first kappa shape index (κ1) is 21.6. The summed E-state index contributed by atoms with van der Waals surface area (Å²) in [5.74, 6) is 0.609. The van der Waals surface area contributed by atoms with Crippen LogP contribution in [0, 0.1) is 0 Å². The minimum atomic E-state index is -3.29. The third-order valence-corrected chi connectivity index (χ3v) is 7.54. The molecule has 0 fully saturated rings. The van der Waals surface area contributed by atoms with Crippen molar-refractivity contribution in [2.24, 2.45) is 7.05 Å². The first-order chi connectivity index (χ1) is 16.8. The van der Waals surface area contributed by atoms with E-state index in [9.17, 15) is 13.5 Å². The van der Waals surface area contributed by atoms with Gasteiger partial charge in [-0.3, -0.25) is 4.68 Å². The molecule has 9 heteroatoms. The van der Waals surface area contributed by atoms with Crippen molar-refractivity contribution in [3.05, 3.63) is 71.8 Å². The van der Waals surface area contributed by atoms with E-state index in [2.05, 4.69) is 27.5 Å². The number of fused-ring (bicyclic) bond motifs is 2. The number of rotatable bonds is 4. The predicted octanol–water partition coefficient (Wildman–Crippen LogP) is 4.01. The van der Waals surface area contributed by atoms with Crippen LogP contribution in [0.15, 0.2) is 65.6 Å². The summed E-state index contributed by atoms with van der Waals surface area (Å²) in [5.41, 5.74) is 7.65. The standard InChI is InChI=1S/C26H23N5O3S/c1-31-24(26-28-21-11-18-13-27-14-19(18)12-22(21)29-26)25(32)23(30-31)16-8-6-15(7-9-16)17-4-3-5-20(10-17)35(2,33)34/h3-12,27,32H,13-14H2,1-2H3,(H,28,29). The van der Waals surface area contributed by atoms with Crippen molar-refractivity contribution < 1.29 is 13.5 Å². The van der Waals surface area contributed by atoms with Crippen LogP contribution in [0.2, 0.25) is 0 Å². The van der Waals surface area contributed by atoms with Gasteiger partial charge in [-0.25, -0.2) is 13.4 Å². The smallest absolute Gasteiger partial charge is 0.175 e. The lowest BCUT2D eigenvalue weighted by atomic mass is 10.0. The fourth-order valence-corrected chi connectivity index (χ4v) is 5.28. The molecular weight excluding hydrogens is 462 g/mol. The third kappa shape index (κ3) is 3.69. The van der Waals surface area contributed by atoms with Crippen LogP contribution in [-0.2, 0) is 30.0 Å². The zero-order valence-corrected chi connectivity index (χ0v) is 20.0. The molecular formula is C26H23N5O3S. The second-order valence-electron chi connectivity index (χ2n) is 8.87. The van der Waals surface area contributed by atoms with Crippen LogP contribution in [0.5, 0.6) is 5.75 Å². The van der Waals surface area contributed by atoms with E-state index in [4.69, 9.17) is 4.98 Å². The van der Waals surface area contributed by atoms with E-state index in [1.807, 2.05) is 30.3 Å². The van der Waals surface area contributed by atoms with E-state index in [0.717, 1.165) is 40.8 Å². The van der Waals surface area contributed by atoms with Crippen LogP contribution in [-0.4, -0.2) is 39.5 Å². The molecule has 35 heavy (non-hydrogen) atoms. The van der Waals surface area contributed by atoms with Crippen LogP contribution in [0.3, 0.4) is 0 Å². The third-order valence-electron chi connectivity index (χ3n) is 6.43. The second-order valence-corrected chi connectivity index (χ2v) is 10.9. The summed E-state index contributed by atoms with van der Waals surface area (Å²) >= 11 is 0. The first-order valence-corrected chi connectivity index (χ1v) is 13.1. The number of benzene rings is 3. The van der Waals surface area contributed by atoms with Crippen LogP contribution in [0.1, 0.15) is 11.1 Å². The maximum atomic E-state index is 11.9. The van der Waals surface area contributed by atoms with Gasteiger partial charge in [0.05, 0.1) is 15.9 Å². The van der Waals surface area contributed by atoms with Crippen LogP contribution in [0.25, 0.3) is 44.9 Å². The monoisotopic (exact) mass is 485 g/mol. The van der Waals surface area contributed by atoms with Crippen molar-refractivity contribution in [1.29, 1.82) is 0 Å². The van der Waals surface area contributed by atoms with Crippen molar-refractivity contribution in [2.45, 2.75) is 18.0 Å². The maximum absolute atomic E-state index is 11.9. The highest BCUT2D eigenvalue weighted by atomic mass is 32.2. The van der Waals surface area contributed by atoms with E-state index in [-0.39, 0.29) is 10.6 Å². The maximum Gasteiger partial charge on any atom is 0.175 e. The lowest BCUT2D eigenvalue weighted by Crippen LogP contribution is -1.99. The number of H-pyrrole nitrogens is 1. The van der Waals surface area contributed by atoms with Gasteiger partial charge in [-0.15, -0.1) is 0 Å². The van der Waals surface area contributed by atoms with Gasteiger partial charge in [-0.1, -0.05) is 36.4 Å². The van der Waals surface area contributed by atoms with Crippen molar-refractivity contribution in [1.82, 2.24) is 25.1 Å². The SMILES string of the molecule is Cn1nc(-c2ccc(-c3cccc(S(C)(=O)=O)c3)cc2)c(O)c1-c1nc2cc3c(cc2[nH]1)CNC3. The molecule has 5 aromatic rings. The van der Waals surface area contributed by atoms with Gasteiger partial charge in [0.25, 0.3) is 0 Å². The summed E-state index contributed by atoms with van der Waals surface area (Å²) < 4.78 is 25.4. The molecule has 6 rings (SSSR count). The Balaban J connectivity index is 1.36. The Hall–Kier alpha value is -3.95. The topological polar surface area (TPSA) is 113 Å². The van der Waals surface area contributed by atoms with Gasteiger partial charge in [0.15, 0.2) is 21.4 Å². The number of hydrogen-bond donors (Lipinski definition) is 3. The van der Waals surface area contributed by atoms with Gasteiger partial charge in [-0.2, -0.15) is 5.10 Å². The van der Waals surface area contributed by atoms with Gasteiger partial charge < -0.3 is 15.4 Å². The molecule has 0 unspecified atom stereocenters. The summed E-state index contributed by atoms with van der Waals surface area (Å²) in [5, 5.41) is 19.0. The van der Waals surface area contributed by atoms with Crippen LogP contribution in [0.4, 0.5) is 0 Å². The normalized spacial score (nSPS) is 13.4. The second kappa shape index (κ2) is 7.79. The zero-order chi connectivity index (χ0) is 24.3. The van der Waals surface area contributed by atoms with Crippen LogP contribution >= 0.6 is 0 Å². The van der Waals surface area contributed by atoms with E-state index >= 15 is 0 Å². The molecule has 3 N–H and O–H groups in total. The number of aromatic hydroxyl groups is 1. The highest BCUT2D eigenvalue weighted by Gasteiger charge is 2.22. The van der Waals surface area contributed by atoms with Gasteiger partial charge >= 0.3 is 0 Å². The number of nitrogens with zero attached hydrogens (tertiary/aromatic N) is 3. The summed E-state index contributed by atoms with van der Waals surface area (Å²) in [6, 6.07) is 18.5. The van der Waals surface area contributed by atoms with Crippen molar-refractivity contribution in [3.8, 4) is 39.7 Å². The van der Waals surface area contributed by atoms with E-state index < -0.39 is 9.84 Å². The van der Waals surface area contributed by atoms with E-state index in [1.54, 1.807) is 29.9 Å². The van der Waals surface area contributed by atoms with Gasteiger partial charge in [0.2, 0.25) is 0 Å². The average Bonchev–Trinajstić information content (AvgIpc) is 3.53. The molecule has 0 spiro atoms. The molecule has 3 aromatic carbocycles. The van der Waals surface area contributed by atoms with E-state index in [0.29, 0.717) is 17.2 Å². The molecule has 0 bridgehead atoms. The summed E-state index contributed by atoms with van der Waals surface area (Å²) in [4.78, 5) is 8.32. The highest BCUT2D eigenvalue weighted by molar-refractivity contribution is 7.90. The molecule has 0 aliphatic carbocycles. The molecule has 0 saturated carbocycles. The van der Waals surface area contributed by atoms with Crippen molar-refractivity contribution >= 4 is 20.9 Å². The average molecular weight is 486 g/mol. The number of aromatic amines is 1. The Labute approximate surface area is 202 Å².